The zero-order valence-corrected chi connectivity index (χ0v) is 12.4. The van der Waals surface area contributed by atoms with Crippen LogP contribution in [0.15, 0.2) is 0 Å². The summed E-state index contributed by atoms with van der Waals surface area (Å²) in [4.78, 5) is 0. The van der Waals surface area contributed by atoms with Gasteiger partial charge in [-0.2, -0.15) is 17.0 Å². The summed E-state index contributed by atoms with van der Waals surface area (Å²) in [5, 5.41) is 0. The van der Waals surface area contributed by atoms with Crippen LogP contribution in [0.5, 0.6) is 0 Å². The molecular weight excluding hydrogens is 278 g/mol. The first-order valence-corrected chi connectivity index (χ1v) is 7.85. The van der Waals surface area contributed by atoms with Gasteiger partial charge in [-0.05, 0) is 20.3 Å². The van der Waals surface area contributed by atoms with Crippen molar-refractivity contribution in [3.8, 4) is 0 Å². The average Bonchev–Trinajstić information content (AvgIpc) is 2.31. The fourth-order valence-electron chi connectivity index (χ4n) is 2.05. The topological polar surface area (TPSA) is 49.9 Å². The molecule has 1 saturated heterocycles. The third-order valence-electron chi connectivity index (χ3n) is 2.99. The van der Waals surface area contributed by atoms with Crippen LogP contribution in [0.2, 0.25) is 0 Å². The van der Waals surface area contributed by atoms with Gasteiger partial charge in [0.15, 0.2) is 0 Å². The Bertz CT molecular complexity index is 378. The average molecular weight is 300 g/mol. The van der Waals surface area contributed by atoms with Crippen molar-refractivity contribution < 1.29 is 21.9 Å². The molecule has 0 bridgehead atoms. The molecule has 0 radical (unpaired) electrons. The third-order valence-corrected chi connectivity index (χ3v) is 5.07. The minimum Gasteiger partial charge on any atom is -0.375 e. The first kappa shape index (κ1) is 16.7. The van der Waals surface area contributed by atoms with Crippen LogP contribution >= 0.6 is 0 Å². The van der Waals surface area contributed by atoms with Gasteiger partial charge in [0, 0.05) is 19.1 Å². The molecule has 5 nitrogen and oxygen atoms in total. The maximum Gasteiger partial charge on any atom is 0.282 e. The lowest BCUT2D eigenvalue weighted by Crippen LogP contribution is -2.55. The molecule has 0 unspecified atom stereocenters. The van der Waals surface area contributed by atoms with Crippen molar-refractivity contribution >= 4 is 10.2 Å². The van der Waals surface area contributed by atoms with Crippen molar-refractivity contribution in [3.05, 3.63) is 0 Å². The van der Waals surface area contributed by atoms with E-state index < -0.39 is 23.2 Å². The van der Waals surface area contributed by atoms with Crippen LogP contribution < -0.4 is 0 Å². The molecule has 0 spiro atoms. The van der Waals surface area contributed by atoms with E-state index in [2.05, 4.69) is 0 Å². The van der Waals surface area contributed by atoms with Crippen molar-refractivity contribution in [1.29, 1.82) is 0 Å². The smallest absolute Gasteiger partial charge is 0.282 e. The van der Waals surface area contributed by atoms with Crippen molar-refractivity contribution in [1.82, 2.24) is 8.61 Å². The fraction of sp³-hybridized carbons (Fsp3) is 1.00. The lowest BCUT2D eigenvalue weighted by atomic mass is 10.2. The summed E-state index contributed by atoms with van der Waals surface area (Å²) in [7, 11) is -3.86. The van der Waals surface area contributed by atoms with Crippen molar-refractivity contribution in [2.24, 2.45) is 0 Å². The van der Waals surface area contributed by atoms with Gasteiger partial charge in [0.05, 0.1) is 19.3 Å². The standard InChI is InChI=1S/C11H22F2N2O3S/c1-4-5-14(7-11(12)13)19(16,17)15-6-10(3)18-8-9(15)2/h9-11H,4-8H2,1-3H3/t9-,10+/m1/s1. The molecule has 0 amide bonds. The number of hydrogen-bond donors (Lipinski definition) is 0. The Morgan fingerprint density at radius 1 is 1.42 bits per heavy atom. The van der Waals surface area contributed by atoms with Gasteiger partial charge in [-0.15, -0.1) is 0 Å². The van der Waals surface area contributed by atoms with E-state index in [1.165, 1.54) is 4.31 Å². The lowest BCUT2D eigenvalue weighted by molar-refractivity contribution is -0.0197. The number of alkyl halides is 2. The maximum atomic E-state index is 12.5. The largest absolute Gasteiger partial charge is 0.375 e. The summed E-state index contributed by atoms with van der Waals surface area (Å²) in [5.41, 5.74) is 0. The summed E-state index contributed by atoms with van der Waals surface area (Å²) < 4.78 is 57.4. The minimum absolute atomic E-state index is 0.102. The first-order chi connectivity index (χ1) is 8.78. The Kier molecular flexibility index (Phi) is 6.10. The maximum absolute atomic E-state index is 12.5. The highest BCUT2D eigenvalue weighted by atomic mass is 32.2. The van der Waals surface area contributed by atoms with Gasteiger partial charge in [-0.25, -0.2) is 8.78 Å². The molecule has 0 N–H and O–H groups in total. The Morgan fingerprint density at radius 2 is 2.05 bits per heavy atom. The number of hydrogen-bond acceptors (Lipinski definition) is 3. The predicted octanol–water partition coefficient (Wildman–Crippen LogP) is 1.32. The number of ether oxygens (including phenoxy) is 1. The van der Waals surface area contributed by atoms with Crippen LogP contribution in [-0.4, -0.2) is 61.8 Å². The predicted molar refractivity (Wildman–Crippen MR) is 68.4 cm³/mol. The molecule has 2 atom stereocenters. The molecule has 1 aliphatic heterocycles. The quantitative estimate of drug-likeness (QED) is 0.743. The molecule has 1 rings (SSSR count). The highest BCUT2D eigenvalue weighted by Gasteiger charge is 2.37. The summed E-state index contributed by atoms with van der Waals surface area (Å²) in [5.74, 6) is 0. The van der Waals surface area contributed by atoms with Crippen LogP contribution in [0.3, 0.4) is 0 Å². The van der Waals surface area contributed by atoms with E-state index in [0.29, 0.717) is 6.42 Å². The van der Waals surface area contributed by atoms with Gasteiger partial charge in [0.1, 0.15) is 0 Å². The number of morpholine rings is 1. The van der Waals surface area contributed by atoms with Crippen LogP contribution in [0.1, 0.15) is 27.2 Å². The molecule has 0 aromatic heterocycles. The van der Waals surface area contributed by atoms with Gasteiger partial charge >= 0.3 is 0 Å². The van der Waals surface area contributed by atoms with Gasteiger partial charge in [0.2, 0.25) is 0 Å². The van der Waals surface area contributed by atoms with Crippen molar-refractivity contribution in [3.63, 3.8) is 0 Å². The summed E-state index contributed by atoms with van der Waals surface area (Å²) in [6.45, 7) is 5.09. The van der Waals surface area contributed by atoms with E-state index in [-0.39, 0.29) is 31.8 Å². The number of nitrogens with zero attached hydrogens (tertiary/aromatic N) is 2. The van der Waals surface area contributed by atoms with Crippen molar-refractivity contribution in [2.75, 3.05) is 26.2 Å². The first-order valence-electron chi connectivity index (χ1n) is 6.45. The van der Waals surface area contributed by atoms with E-state index in [1.54, 1.807) is 20.8 Å². The molecular formula is C11H22F2N2O3S. The van der Waals surface area contributed by atoms with Gasteiger partial charge in [0.25, 0.3) is 16.6 Å². The Labute approximate surface area is 113 Å². The zero-order valence-electron chi connectivity index (χ0n) is 11.6. The van der Waals surface area contributed by atoms with Gasteiger partial charge in [-0.3, -0.25) is 0 Å². The van der Waals surface area contributed by atoms with Gasteiger partial charge in [-0.1, -0.05) is 6.92 Å². The lowest BCUT2D eigenvalue weighted by Gasteiger charge is -2.38. The number of rotatable bonds is 6. The highest BCUT2D eigenvalue weighted by molar-refractivity contribution is 7.86. The van der Waals surface area contributed by atoms with E-state index in [4.69, 9.17) is 4.74 Å². The molecule has 114 valence electrons. The van der Waals surface area contributed by atoms with E-state index in [9.17, 15) is 17.2 Å². The van der Waals surface area contributed by atoms with E-state index >= 15 is 0 Å². The fourth-order valence-corrected chi connectivity index (χ4v) is 3.97. The number of halogens is 2. The highest BCUT2D eigenvalue weighted by Crippen LogP contribution is 2.20. The molecule has 19 heavy (non-hydrogen) atoms. The normalized spacial score (nSPS) is 26.3. The summed E-state index contributed by atoms with van der Waals surface area (Å²) in [6, 6.07) is -0.335. The molecule has 8 heteroatoms. The van der Waals surface area contributed by atoms with Crippen LogP contribution in [0, 0.1) is 0 Å². The summed E-state index contributed by atoms with van der Waals surface area (Å²) in [6.07, 6.45) is -2.39. The van der Waals surface area contributed by atoms with Crippen molar-refractivity contribution in [2.45, 2.75) is 45.8 Å². The van der Waals surface area contributed by atoms with Crippen LogP contribution in [0.4, 0.5) is 8.78 Å². The second-order valence-corrected chi connectivity index (χ2v) is 6.70. The van der Waals surface area contributed by atoms with E-state index in [1.807, 2.05) is 0 Å². The van der Waals surface area contributed by atoms with E-state index in [0.717, 1.165) is 4.31 Å². The molecule has 1 heterocycles. The molecule has 1 aliphatic rings. The third kappa shape index (κ3) is 4.34. The van der Waals surface area contributed by atoms with Crippen LogP contribution in [0.25, 0.3) is 0 Å². The molecule has 0 aromatic rings. The second-order valence-electron chi connectivity index (χ2n) is 4.82. The molecule has 0 aliphatic carbocycles. The SMILES string of the molecule is CCCN(CC(F)F)S(=O)(=O)N1C[C@H](C)OC[C@H]1C. The minimum atomic E-state index is -3.86. The molecule has 0 aromatic carbocycles. The van der Waals surface area contributed by atoms with Crippen LogP contribution in [-0.2, 0) is 14.9 Å². The summed E-state index contributed by atoms with van der Waals surface area (Å²) >= 11 is 0. The Hall–Kier alpha value is -0.310. The van der Waals surface area contributed by atoms with Gasteiger partial charge < -0.3 is 4.74 Å². The Balaban J connectivity index is 2.90. The molecule has 0 saturated carbocycles. The second kappa shape index (κ2) is 6.92. The monoisotopic (exact) mass is 300 g/mol. The zero-order chi connectivity index (χ0) is 14.6. The Morgan fingerprint density at radius 3 is 2.58 bits per heavy atom. The molecule has 1 fully saturated rings.